The topological polar surface area (TPSA) is 34.5 Å². The first kappa shape index (κ1) is 16.6. The summed E-state index contributed by atoms with van der Waals surface area (Å²) >= 11 is 0. The Bertz CT molecular complexity index is 1030. The lowest BCUT2D eigenvalue weighted by Gasteiger charge is -2.19. The molecule has 26 heavy (non-hydrogen) atoms. The first-order chi connectivity index (χ1) is 12.6. The summed E-state index contributed by atoms with van der Waals surface area (Å²) in [5.41, 5.74) is 0.963. The van der Waals surface area contributed by atoms with E-state index < -0.39 is 0 Å². The number of ether oxygens (including phenoxy) is 1. The van der Waals surface area contributed by atoms with Gasteiger partial charge in [0.2, 0.25) is 0 Å². The Morgan fingerprint density at radius 2 is 2.00 bits per heavy atom. The molecule has 3 aromatic rings. The van der Waals surface area contributed by atoms with Crippen LogP contribution in [0, 0.1) is 11.7 Å². The number of methoxy groups -OCH3 is 1. The number of benzene rings is 2. The third-order valence-corrected chi connectivity index (χ3v) is 5.09. The second kappa shape index (κ2) is 6.48. The minimum atomic E-state index is -0.293. The molecule has 1 aliphatic heterocycles. The zero-order valence-corrected chi connectivity index (χ0v) is 14.9. The van der Waals surface area contributed by atoms with Crippen LogP contribution in [0.25, 0.3) is 16.5 Å². The summed E-state index contributed by atoms with van der Waals surface area (Å²) in [6, 6.07) is 12.2. The highest BCUT2D eigenvalue weighted by Gasteiger charge is 2.21. The van der Waals surface area contributed by atoms with Crippen molar-refractivity contribution in [3.8, 4) is 11.4 Å². The van der Waals surface area contributed by atoms with Gasteiger partial charge in [0.25, 0.3) is 5.56 Å². The fourth-order valence-corrected chi connectivity index (χ4v) is 3.61. The standard InChI is InChI=1S/C21H21FN2O2/c1-14-7-9-23(13-14)20-6-3-16(12-19(20)22)24-10-8-15-11-17(26-2)4-5-18(15)21(24)25/h3-6,8,10-12,14H,7,9,13H2,1-2H3/t14-/m1/s1. The highest BCUT2D eigenvalue weighted by molar-refractivity contribution is 5.83. The quantitative estimate of drug-likeness (QED) is 0.715. The van der Waals surface area contributed by atoms with Crippen molar-refractivity contribution in [1.29, 1.82) is 0 Å². The summed E-state index contributed by atoms with van der Waals surface area (Å²) in [4.78, 5) is 14.9. The maximum absolute atomic E-state index is 14.7. The van der Waals surface area contributed by atoms with Gasteiger partial charge < -0.3 is 9.64 Å². The van der Waals surface area contributed by atoms with E-state index in [4.69, 9.17) is 4.74 Å². The number of hydrogen-bond donors (Lipinski definition) is 0. The normalized spacial score (nSPS) is 17.0. The van der Waals surface area contributed by atoms with Crippen molar-refractivity contribution in [2.45, 2.75) is 13.3 Å². The van der Waals surface area contributed by atoms with Gasteiger partial charge in [-0.15, -0.1) is 0 Å². The minimum absolute atomic E-state index is 0.174. The molecule has 0 saturated carbocycles. The number of rotatable bonds is 3. The molecule has 1 aliphatic rings. The molecule has 1 atom stereocenters. The first-order valence-electron chi connectivity index (χ1n) is 8.81. The zero-order chi connectivity index (χ0) is 18.3. The average molecular weight is 352 g/mol. The number of hydrogen-bond acceptors (Lipinski definition) is 3. The van der Waals surface area contributed by atoms with Crippen LogP contribution in [0.2, 0.25) is 0 Å². The van der Waals surface area contributed by atoms with Gasteiger partial charge in [0.1, 0.15) is 11.6 Å². The van der Waals surface area contributed by atoms with E-state index in [0.717, 1.165) is 24.9 Å². The second-order valence-electron chi connectivity index (χ2n) is 6.92. The SMILES string of the molecule is COc1ccc2c(=O)n(-c3ccc(N4CC[C@@H](C)C4)c(F)c3)ccc2c1. The van der Waals surface area contributed by atoms with Gasteiger partial charge in [0.15, 0.2) is 0 Å². The Morgan fingerprint density at radius 1 is 1.15 bits per heavy atom. The lowest BCUT2D eigenvalue weighted by molar-refractivity contribution is 0.415. The Balaban J connectivity index is 1.74. The van der Waals surface area contributed by atoms with Crippen LogP contribution >= 0.6 is 0 Å². The van der Waals surface area contributed by atoms with Gasteiger partial charge >= 0.3 is 0 Å². The predicted octanol–water partition coefficient (Wildman–Crippen LogP) is 3.98. The van der Waals surface area contributed by atoms with E-state index in [1.807, 2.05) is 12.1 Å². The van der Waals surface area contributed by atoms with Gasteiger partial charge in [0.05, 0.1) is 18.5 Å². The predicted molar refractivity (Wildman–Crippen MR) is 102 cm³/mol. The summed E-state index contributed by atoms with van der Waals surface area (Å²) in [6.07, 6.45) is 2.76. The molecule has 4 nitrogen and oxygen atoms in total. The fourth-order valence-electron chi connectivity index (χ4n) is 3.61. The molecular weight excluding hydrogens is 331 g/mol. The van der Waals surface area contributed by atoms with Crippen LogP contribution in [0.15, 0.2) is 53.5 Å². The molecule has 134 valence electrons. The van der Waals surface area contributed by atoms with Gasteiger partial charge in [-0.05, 0) is 54.1 Å². The van der Waals surface area contributed by atoms with Crippen LogP contribution in [0.4, 0.5) is 10.1 Å². The number of aromatic nitrogens is 1. The van der Waals surface area contributed by atoms with Crippen LogP contribution in [0.5, 0.6) is 5.75 Å². The first-order valence-corrected chi connectivity index (χ1v) is 8.81. The Labute approximate surface area is 151 Å². The lowest BCUT2D eigenvalue weighted by atomic mass is 10.1. The fraction of sp³-hybridized carbons (Fsp3) is 0.286. The van der Waals surface area contributed by atoms with Crippen molar-refractivity contribution in [1.82, 2.24) is 4.57 Å². The number of fused-ring (bicyclic) bond motifs is 1. The van der Waals surface area contributed by atoms with E-state index in [9.17, 15) is 9.18 Å². The maximum Gasteiger partial charge on any atom is 0.262 e. The van der Waals surface area contributed by atoms with Crippen LogP contribution in [-0.4, -0.2) is 24.8 Å². The third-order valence-electron chi connectivity index (χ3n) is 5.09. The summed E-state index contributed by atoms with van der Waals surface area (Å²) in [6.45, 7) is 3.92. The van der Waals surface area contributed by atoms with E-state index in [1.165, 1.54) is 10.6 Å². The second-order valence-corrected chi connectivity index (χ2v) is 6.92. The molecule has 0 spiro atoms. The van der Waals surface area contributed by atoms with Crippen LogP contribution in [0.3, 0.4) is 0 Å². The van der Waals surface area contributed by atoms with E-state index in [0.29, 0.717) is 28.4 Å². The van der Waals surface area contributed by atoms with E-state index in [2.05, 4.69) is 11.8 Å². The average Bonchev–Trinajstić information content (AvgIpc) is 3.07. The Hall–Kier alpha value is -2.82. The van der Waals surface area contributed by atoms with Crippen LogP contribution in [-0.2, 0) is 0 Å². The maximum atomic E-state index is 14.7. The number of nitrogens with zero attached hydrogens (tertiary/aromatic N) is 2. The van der Waals surface area contributed by atoms with Crippen molar-refractivity contribution >= 4 is 16.5 Å². The molecule has 0 aliphatic carbocycles. The summed E-state index contributed by atoms with van der Waals surface area (Å²) in [7, 11) is 1.59. The molecule has 1 saturated heterocycles. The van der Waals surface area contributed by atoms with Gasteiger partial charge in [-0.3, -0.25) is 9.36 Å². The largest absolute Gasteiger partial charge is 0.497 e. The van der Waals surface area contributed by atoms with E-state index in [-0.39, 0.29) is 11.4 Å². The monoisotopic (exact) mass is 352 g/mol. The number of halogens is 1. The molecule has 2 aromatic carbocycles. The number of pyridine rings is 1. The molecule has 2 heterocycles. The summed E-state index contributed by atoms with van der Waals surface area (Å²) < 4.78 is 21.4. The van der Waals surface area contributed by atoms with Crippen molar-refractivity contribution in [2.24, 2.45) is 5.92 Å². The van der Waals surface area contributed by atoms with Crippen LogP contribution in [0.1, 0.15) is 13.3 Å². The van der Waals surface area contributed by atoms with E-state index >= 15 is 0 Å². The molecular formula is C21H21FN2O2. The van der Waals surface area contributed by atoms with Crippen molar-refractivity contribution in [2.75, 3.05) is 25.1 Å². The highest BCUT2D eigenvalue weighted by atomic mass is 19.1. The van der Waals surface area contributed by atoms with Crippen molar-refractivity contribution < 1.29 is 9.13 Å². The van der Waals surface area contributed by atoms with Crippen molar-refractivity contribution in [3.63, 3.8) is 0 Å². The Kier molecular flexibility index (Phi) is 4.15. The Morgan fingerprint density at radius 3 is 2.69 bits per heavy atom. The third kappa shape index (κ3) is 2.83. The zero-order valence-electron chi connectivity index (χ0n) is 14.9. The molecule has 0 amide bonds. The molecule has 5 heteroatoms. The van der Waals surface area contributed by atoms with Crippen molar-refractivity contribution in [3.05, 3.63) is 64.8 Å². The van der Waals surface area contributed by atoms with Gasteiger partial charge in [-0.1, -0.05) is 6.92 Å². The van der Waals surface area contributed by atoms with Gasteiger partial charge in [0, 0.05) is 30.7 Å². The molecule has 0 unspecified atom stereocenters. The van der Waals surface area contributed by atoms with Gasteiger partial charge in [-0.2, -0.15) is 0 Å². The highest BCUT2D eigenvalue weighted by Crippen LogP contribution is 2.27. The number of anilines is 1. The van der Waals surface area contributed by atoms with Gasteiger partial charge in [-0.25, -0.2) is 4.39 Å². The molecule has 0 radical (unpaired) electrons. The smallest absolute Gasteiger partial charge is 0.262 e. The molecule has 1 aromatic heterocycles. The summed E-state index contributed by atoms with van der Waals surface area (Å²) in [5.74, 6) is 0.984. The molecule has 4 rings (SSSR count). The molecule has 0 N–H and O–H groups in total. The molecule has 0 bridgehead atoms. The van der Waals surface area contributed by atoms with E-state index in [1.54, 1.807) is 37.6 Å². The minimum Gasteiger partial charge on any atom is -0.497 e. The van der Waals surface area contributed by atoms with Crippen LogP contribution < -0.4 is 15.2 Å². The lowest BCUT2D eigenvalue weighted by Crippen LogP contribution is -2.21. The summed E-state index contributed by atoms with van der Waals surface area (Å²) in [5, 5.41) is 1.37. The molecule has 1 fully saturated rings.